The highest BCUT2D eigenvalue weighted by molar-refractivity contribution is 7.99. The maximum Gasteiger partial charge on any atom is 0.407 e. The fraction of sp³-hybridized carbons (Fsp3) is 0.400. The number of carboxylic acid groups (broad SMARTS) is 1. The van der Waals surface area contributed by atoms with E-state index in [1.165, 1.54) is 16.7 Å². The van der Waals surface area contributed by atoms with Gasteiger partial charge in [-0.25, -0.2) is 9.59 Å². The smallest absolute Gasteiger partial charge is 0.407 e. The van der Waals surface area contributed by atoms with Gasteiger partial charge in [0.15, 0.2) is 0 Å². The second-order valence-corrected chi connectivity index (χ2v) is 9.42. The lowest BCUT2D eigenvalue weighted by Crippen LogP contribution is -2.57. The lowest BCUT2D eigenvalue weighted by Gasteiger charge is -2.35. The minimum atomic E-state index is -1.02. The Morgan fingerprint density at radius 3 is 2.36 bits per heavy atom. The molecule has 1 heterocycles. The van der Waals surface area contributed by atoms with E-state index in [-0.39, 0.29) is 18.4 Å². The van der Waals surface area contributed by atoms with Crippen molar-refractivity contribution in [2.24, 2.45) is 0 Å². The maximum atomic E-state index is 13.1. The molecule has 1 fully saturated rings. The molecule has 2 aliphatic rings. The maximum absolute atomic E-state index is 13.1. The van der Waals surface area contributed by atoms with E-state index < -0.39 is 24.1 Å². The molecule has 7 nitrogen and oxygen atoms in total. The number of carbonyl (C=O) groups is 3. The molecule has 174 valence electrons. The van der Waals surface area contributed by atoms with Gasteiger partial charge < -0.3 is 20.1 Å². The van der Waals surface area contributed by atoms with Crippen molar-refractivity contribution in [1.82, 2.24) is 10.2 Å². The zero-order chi connectivity index (χ0) is 23.4. The average molecular weight is 469 g/mol. The molecule has 33 heavy (non-hydrogen) atoms. The number of nitrogens with zero attached hydrogens (tertiary/aromatic N) is 1. The number of nitrogens with one attached hydrogen (secondary N) is 1. The van der Waals surface area contributed by atoms with Gasteiger partial charge in [-0.15, -0.1) is 0 Å². The first-order valence-corrected chi connectivity index (χ1v) is 12.4. The first kappa shape index (κ1) is 23.2. The van der Waals surface area contributed by atoms with Crippen LogP contribution >= 0.6 is 11.8 Å². The molecule has 1 aliphatic carbocycles. The lowest BCUT2D eigenvalue weighted by atomic mass is 9.98. The molecular weight excluding hydrogens is 440 g/mol. The first-order valence-electron chi connectivity index (χ1n) is 11.2. The van der Waals surface area contributed by atoms with Crippen molar-refractivity contribution in [3.8, 4) is 11.1 Å². The second kappa shape index (κ2) is 10.3. The predicted octanol–water partition coefficient (Wildman–Crippen LogP) is 3.72. The van der Waals surface area contributed by atoms with Crippen molar-refractivity contribution in [2.75, 3.05) is 24.7 Å². The molecule has 1 saturated heterocycles. The van der Waals surface area contributed by atoms with Crippen LogP contribution in [0.15, 0.2) is 48.5 Å². The van der Waals surface area contributed by atoms with Crippen LogP contribution in [-0.4, -0.2) is 64.7 Å². The van der Waals surface area contributed by atoms with Crippen LogP contribution in [0.25, 0.3) is 11.1 Å². The molecule has 0 aromatic heterocycles. The highest BCUT2D eigenvalue weighted by Crippen LogP contribution is 2.44. The summed E-state index contributed by atoms with van der Waals surface area (Å²) >= 11 is 1.52. The minimum Gasteiger partial charge on any atom is -0.480 e. The Bertz CT molecular complexity index is 997. The molecular formula is C25H28N2O5S. The van der Waals surface area contributed by atoms with Crippen LogP contribution in [0.3, 0.4) is 0 Å². The zero-order valence-electron chi connectivity index (χ0n) is 18.5. The van der Waals surface area contributed by atoms with Crippen LogP contribution < -0.4 is 5.32 Å². The van der Waals surface area contributed by atoms with Gasteiger partial charge in [0.05, 0.1) is 0 Å². The van der Waals surface area contributed by atoms with Gasteiger partial charge in [-0.2, -0.15) is 11.8 Å². The van der Waals surface area contributed by atoms with Gasteiger partial charge in [-0.05, 0) is 28.7 Å². The third-order valence-electron chi connectivity index (χ3n) is 6.21. The SMILES string of the molecule is CCC[C@@H](NC(=O)OCC1c2ccccc2-c2ccccc21)C(=O)N1CCSCC1C(=O)O. The van der Waals surface area contributed by atoms with Crippen LogP contribution in [0.5, 0.6) is 0 Å². The number of benzene rings is 2. The van der Waals surface area contributed by atoms with E-state index in [4.69, 9.17) is 4.74 Å². The molecule has 0 saturated carbocycles. The highest BCUT2D eigenvalue weighted by atomic mass is 32.2. The summed E-state index contributed by atoms with van der Waals surface area (Å²) in [6.45, 7) is 2.43. The molecule has 4 rings (SSSR count). The first-order chi connectivity index (χ1) is 16.0. The Balaban J connectivity index is 1.43. The van der Waals surface area contributed by atoms with Crippen LogP contribution in [0.4, 0.5) is 4.79 Å². The third kappa shape index (κ3) is 4.85. The van der Waals surface area contributed by atoms with Gasteiger partial charge in [0.25, 0.3) is 0 Å². The van der Waals surface area contributed by atoms with Crippen LogP contribution in [0, 0.1) is 0 Å². The normalized spacial score (nSPS) is 18.2. The summed E-state index contributed by atoms with van der Waals surface area (Å²) in [5, 5.41) is 12.2. The van der Waals surface area contributed by atoms with Crippen LogP contribution in [0.2, 0.25) is 0 Å². The number of carboxylic acids is 1. The Morgan fingerprint density at radius 1 is 1.12 bits per heavy atom. The standard InChI is InChI=1S/C25H28N2O5S/c1-2-7-21(23(28)27-12-13-33-15-22(27)24(29)30)26-25(31)32-14-20-18-10-5-3-8-16(18)17-9-4-6-11-19(17)20/h3-6,8-11,20-22H,2,7,12-15H2,1H3,(H,26,31)(H,29,30)/t21-,22?/m1/s1. The summed E-state index contributed by atoms with van der Waals surface area (Å²) in [7, 11) is 0. The number of hydrogen-bond acceptors (Lipinski definition) is 5. The van der Waals surface area contributed by atoms with E-state index in [0.29, 0.717) is 30.9 Å². The van der Waals surface area contributed by atoms with Crippen molar-refractivity contribution >= 4 is 29.7 Å². The number of rotatable bonds is 7. The molecule has 2 aromatic carbocycles. The van der Waals surface area contributed by atoms with Gasteiger partial charge in [-0.3, -0.25) is 4.79 Å². The fourth-order valence-corrected chi connectivity index (χ4v) is 5.64. The predicted molar refractivity (Wildman–Crippen MR) is 127 cm³/mol. The Labute approximate surface area is 197 Å². The Morgan fingerprint density at radius 2 is 1.76 bits per heavy atom. The number of thioether (sulfide) groups is 1. The molecule has 0 radical (unpaired) electrons. The third-order valence-corrected chi connectivity index (χ3v) is 7.23. The lowest BCUT2D eigenvalue weighted by molar-refractivity contribution is -0.150. The van der Waals surface area contributed by atoms with Crippen LogP contribution in [0.1, 0.15) is 36.8 Å². The molecule has 0 spiro atoms. The summed E-state index contributed by atoms with van der Waals surface area (Å²) in [6.07, 6.45) is 0.418. The Kier molecular flexibility index (Phi) is 7.23. The van der Waals surface area contributed by atoms with Crippen molar-refractivity contribution < 1.29 is 24.2 Å². The van der Waals surface area contributed by atoms with E-state index in [2.05, 4.69) is 17.4 Å². The molecule has 2 amide bonds. The number of aliphatic carboxylic acids is 1. The van der Waals surface area contributed by atoms with E-state index in [9.17, 15) is 19.5 Å². The molecule has 2 N–H and O–H groups in total. The van der Waals surface area contributed by atoms with Gasteiger partial charge >= 0.3 is 12.1 Å². The molecule has 0 bridgehead atoms. The number of ether oxygens (including phenoxy) is 1. The van der Waals surface area contributed by atoms with Crippen molar-refractivity contribution in [2.45, 2.75) is 37.8 Å². The van der Waals surface area contributed by atoms with Gasteiger partial charge in [0, 0.05) is 24.0 Å². The van der Waals surface area contributed by atoms with Crippen LogP contribution in [-0.2, 0) is 14.3 Å². The quantitative estimate of drug-likeness (QED) is 0.643. The summed E-state index contributed by atoms with van der Waals surface area (Å²) in [6, 6.07) is 14.5. The van der Waals surface area contributed by atoms with Crippen molar-refractivity contribution in [3.05, 3.63) is 59.7 Å². The summed E-state index contributed by atoms with van der Waals surface area (Å²) in [5.41, 5.74) is 4.51. The molecule has 8 heteroatoms. The van der Waals surface area contributed by atoms with Gasteiger partial charge in [0.2, 0.25) is 5.91 Å². The van der Waals surface area contributed by atoms with E-state index in [1.54, 1.807) is 0 Å². The zero-order valence-corrected chi connectivity index (χ0v) is 19.3. The number of amides is 2. The highest BCUT2D eigenvalue weighted by Gasteiger charge is 2.36. The second-order valence-electron chi connectivity index (χ2n) is 8.27. The van der Waals surface area contributed by atoms with Crippen molar-refractivity contribution in [3.63, 3.8) is 0 Å². The summed E-state index contributed by atoms with van der Waals surface area (Å²) < 4.78 is 5.59. The van der Waals surface area contributed by atoms with Gasteiger partial charge in [-0.1, -0.05) is 61.9 Å². The molecule has 1 unspecified atom stereocenters. The molecule has 2 aromatic rings. The fourth-order valence-electron chi connectivity index (χ4n) is 4.60. The number of alkyl carbamates (subject to hydrolysis) is 1. The number of hydrogen-bond donors (Lipinski definition) is 2. The largest absolute Gasteiger partial charge is 0.480 e. The average Bonchev–Trinajstić information content (AvgIpc) is 3.15. The number of carbonyl (C=O) groups excluding carboxylic acids is 2. The van der Waals surface area contributed by atoms with Gasteiger partial charge in [0.1, 0.15) is 18.7 Å². The number of fused-ring (bicyclic) bond motifs is 3. The van der Waals surface area contributed by atoms with E-state index in [0.717, 1.165) is 22.3 Å². The minimum absolute atomic E-state index is 0.0704. The summed E-state index contributed by atoms with van der Waals surface area (Å²) in [5.74, 6) is -0.423. The monoisotopic (exact) mass is 468 g/mol. The Hall–Kier alpha value is -3.00. The van der Waals surface area contributed by atoms with E-state index in [1.807, 2.05) is 43.3 Å². The van der Waals surface area contributed by atoms with E-state index >= 15 is 0 Å². The molecule has 2 atom stereocenters. The topological polar surface area (TPSA) is 95.9 Å². The molecule has 1 aliphatic heterocycles. The summed E-state index contributed by atoms with van der Waals surface area (Å²) in [4.78, 5) is 38.8. The van der Waals surface area contributed by atoms with Crippen molar-refractivity contribution in [1.29, 1.82) is 0 Å².